The average molecular weight is 268 g/mol. The van der Waals surface area contributed by atoms with Crippen molar-refractivity contribution in [2.75, 3.05) is 25.1 Å². The van der Waals surface area contributed by atoms with Crippen molar-refractivity contribution in [1.82, 2.24) is 0 Å². The molecule has 0 aliphatic carbocycles. The SMILES string of the molecule is CCCOc1cc(NCCCCO)cc([N+](=O)[O-])c1. The molecule has 0 radical (unpaired) electrons. The first-order valence-electron chi connectivity index (χ1n) is 6.44. The fraction of sp³-hybridized carbons (Fsp3) is 0.538. The van der Waals surface area contributed by atoms with Crippen LogP contribution in [0.3, 0.4) is 0 Å². The molecule has 106 valence electrons. The summed E-state index contributed by atoms with van der Waals surface area (Å²) in [7, 11) is 0. The van der Waals surface area contributed by atoms with E-state index in [9.17, 15) is 10.1 Å². The second-order valence-electron chi connectivity index (χ2n) is 4.18. The van der Waals surface area contributed by atoms with E-state index in [2.05, 4.69) is 5.32 Å². The maximum atomic E-state index is 10.8. The normalized spacial score (nSPS) is 10.2. The van der Waals surface area contributed by atoms with Gasteiger partial charge in [-0.25, -0.2) is 0 Å². The molecular formula is C13H20N2O4. The third kappa shape index (κ3) is 5.56. The van der Waals surface area contributed by atoms with E-state index in [1.807, 2.05) is 6.92 Å². The Hall–Kier alpha value is -1.82. The summed E-state index contributed by atoms with van der Waals surface area (Å²) in [5.41, 5.74) is 0.677. The van der Waals surface area contributed by atoms with Gasteiger partial charge in [0, 0.05) is 31.0 Å². The van der Waals surface area contributed by atoms with Crippen LogP contribution in [-0.4, -0.2) is 29.8 Å². The number of aliphatic hydroxyl groups is 1. The molecule has 0 aromatic heterocycles. The lowest BCUT2D eigenvalue weighted by Crippen LogP contribution is -2.04. The van der Waals surface area contributed by atoms with Crippen LogP contribution in [0.2, 0.25) is 0 Å². The molecule has 0 amide bonds. The highest BCUT2D eigenvalue weighted by Crippen LogP contribution is 2.26. The summed E-state index contributed by atoms with van der Waals surface area (Å²) in [6.07, 6.45) is 2.37. The Kier molecular flexibility index (Phi) is 6.67. The number of ether oxygens (including phenoxy) is 1. The number of aliphatic hydroxyl groups excluding tert-OH is 1. The van der Waals surface area contributed by atoms with E-state index in [-0.39, 0.29) is 12.3 Å². The summed E-state index contributed by atoms with van der Waals surface area (Å²) in [6, 6.07) is 4.66. The van der Waals surface area contributed by atoms with Gasteiger partial charge in [-0.1, -0.05) is 6.92 Å². The second-order valence-corrected chi connectivity index (χ2v) is 4.18. The minimum absolute atomic E-state index is 0.0123. The molecule has 1 aromatic carbocycles. The number of nitrogens with zero attached hydrogens (tertiary/aromatic N) is 1. The number of hydrogen-bond acceptors (Lipinski definition) is 5. The third-order valence-corrected chi connectivity index (χ3v) is 2.49. The van der Waals surface area contributed by atoms with Crippen LogP contribution < -0.4 is 10.1 Å². The second kappa shape index (κ2) is 8.31. The van der Waals surface area contributed by atoms with Gasteiger partial charge in [0.25, 0.3) is 5.69 Å². The molecule has 0 fully saturated rings. The van der Waals surface area contributed by atoms with E-state index in [0.717, 1.165) is 12.8 Å². The van der Waals surface area contributed by atoms with Crippen molar-refractivity contribution in [2.45, 2.75) is 26.2 Å². The maximum absolute atomic E-state index is 10.8. The van der Waals surface area contributed by atoms with Gasteiger partial charge in [0.05, 0.1) is 17.6 Å². The predicted octanol–water partition coefficient (Wildman–Crippen LogP) is 2.57. The van der Waals surface area contributed by atoms with Gasteiger partial charge in [0.2, 0.25) is 0 Å². The molecule has 0 saturated heterocycles. The summed E-state index contributed by atoms with van der Waals surface area (Å²) >= 11 is 0. The number of nitrogens with one attached hydrogen (secondary N) is 1. The molecule has 0 spiro atoms. The van der Waals surface area contributed by atoms with Crippen LogP contribution in [0.15, 0.2) is 18.2 Å². The van der Waals surface area contributed by atoms with Crippen LogP contribution in [0.5, 0.6) is 5.75 Å². The number of nitro groups is 1. The number of hydrogen-bond donors (Lipinski definition) is 2. The van der Waals surface area contributed by atoms with Crippen molar-refractivity contribution in [3.8, 4) is 5.75 Å². The summed E-state index contributed by atoms with van der Waals surface area (Å²) in [4.78, 5) is 10.4. The van der Waals surface area contributed by atoms with Crippen LogP contribution in [-0.2, 0) is 0 Å². The fourth-order valence-electron chi connectivity index (χ4n) is 1.56. The summed E-state index contributed by atoms with van der Waals surface area (Å²) < 4.78 is 5.43. The molecular weight excluding hydrogens is 248 g/mol. The van der Waals surface area contributed by atoms with E-state index in [4.69, 9.17) is 9.84 Å². The smallest absolute Gasteiger partial charge is 0.275 e. The number of non-ortho nitro benzene ring substituents is 1. The number of nitro benzene ring substituents is 1. The first kappa shape index (κ1) is 15.2. The zero-order valence-electron chi connectivity index (χ0n) is 11.1. The molecule has 6 heteroatoms. The first-order chi connectivity index (χ1) is 9.17. The highest BCUT2D eigenvalue weighted by atomic mass is 16.6. The molecule has 2 N–H and O–H groups in total. The lowest BCUT2D eigenvalue weighted by atomic mass is 10.2. The topological polar surface area (TPSA) is 84.6 Å². The third-order valence-electron chi connectivity index (χ3n) is 2.49. The van der Waals surface area contributed by atoms with Crippen molar-refractivity contribution in [3.05, 3.63) is 28.3 Å². The summed E-state index contributed by atoms with van der Waals surface area (Å²) in [5, 5.41) is 22.6. The van der Waals surface area contributed by atoms with Crippen LogP contribution in [0, 0.1) is 10.1 Å². The van der Waals surface area contributed by atoms with Gasteiger partial charge < -0.3 is 15.2 Å². The number of rotatable bonds is 9. The van der Waals surface area contributed by atoms with Gasteiger partial charge in [-0.05, 0) is 19.3 Å². The lowest BCUT2D eigenvalue weighted by molar-refractivity contribution is -0.384. The molecule has 0 atom stereocenters. The molecule has 0 saturated carbocycles. The monoisotopic (exact) mass is 268 g/mol. The van der Waals surface area contributed by atoms with Gasteiger partial charge in [0.15, 0.2) is 0 Å². The Labute approximate surface area is 112 Å². The van der Waals surface area contributed by atoms with Gasteiger partial charge in [0.1, 0.15) is 5.75 Å². The molecule has 1 rings (SSSR count). The van der Waals surface area contributed by atoms with Crippen LogP contribution in [0.25, 0.3) is 0 Å². The largest absolute Gasteiger partial charge is 0.493 e. The average Bonchev–Trinajstić information content (AvgIpc) is 2.41. The Morgan fingerprint density at radius 2 is 2.16 bits per heavy atom. The molecule has 19 heavy (non-hydrogen) atoms. The minimum Gasteiger partial charge on any atom is -0.493 e. The molecule has 6 nitrogen and oxygen atoms in total. The Morgan fingerprint density at radius 3 is 2.79 bits per heavy atom. The van der Waals surface area contributed by atoms with Crippen LogP contribution in [0.1, 0.15) is 26.2 Å². The lowest BCUT2D eigenvalue weighted by Gasteiger charge is -2.09. The van der Waals surface area contributed by atoms with Crippen molar-refractivity contribution < 1.29 is 14.8 Å². The minimum atomic E-state index is -0.433. The van der Waals surface area contributed by atoms with Gasteiger partial charge >= 0.3 is 0 Å². The first-order valence-corrected chi connectivity index (χ1v) is 6.44. The van der Waals surface area contributed by atoms with Gasteiger partial charge in [-0.3, -0.25) is 10.1 Å². The summed E-state index contributed by atoms with van der Waals surface area (Å²) in [6.45, 7) is 3.33. The van der Waals surface area contributed by atoms with Gasteiger partial charge in [-0.15, -0.1) is 0 Å². The predicted molar refractivity (Wildman–Crippen MR) is 73.7 cm³/mol. The van der Waals surface area contributed by atoms with E-state index in [1.165, 1.54) is 12.1 Å². The van der Waals surface area contributed by atoms with Crippen molar-refractivity contribution in [3.63, 3.8) is 0 Å². The zero-order valence-corrected chi connectivity index (χ0v) is 11.1. The molecule has 0 aliphatic heterocycles. The van der Waals surface area contributed by atoms with Gasteiger partial charge in [-0.2, -0.15) is 0 Å². The highest BCUT2D eigenvalue weighted by Gasteiger charge is 2.10. The molecule has 0 bridgehead atoms. The van der Waals surface area contributed by atoms with Crippen molar-refractivity contribution in [2.24, 2.45) is 0 Å². The number of benzene rings is 1. The number of unbranched alkanes of at least 4 members (excludes halogenated alkanes) is 1. The molecule has 0 unspecified atom stereocenters. The maximum Gasteiger partial charge on any atom is 0.275 e. The van der Waals surface area contributed by atoms with Crippen molar-refractivity contribution >= 4 is 11.4 Å². The quantitative estimate of drug-likeness (QED) is 0.408. The zero-order chi connectivity index (χ0) is 14.1. The number of anilines is 1. The van der Waals surface area contributed by atoms with E-state index in [1.54, 1.807) is 6.07 Å². The fourth-order valence-corrected chi connectivity index (χ4v) is 1.56. The van der Waals surface area contributed by atoms with E-state index >= 15 is 0 Å². The van der Waals surface area contributed by atoms with Crippen LogP contribution >= 0.6 is 0 Å². The molecule has 0 aliphatic rings. The van der Waals surface area contributed by atoms with E-state index in [0.29, 0.717) is 31.0 Å². The van der Waals surface area contributed by atoms with Crippen LogP contribution in [0.4, 0.5) is 11.4 Å². The van der Waals surface area contributed by atoms with Crippen molar-refractivity contribution in [1.29, 1.82) is 0 Å². The Balaban J connectivity index is 2.72. The Morgan fingerprint density at radius 1 is 1.37 bits per heavy atom. The highest BCUT2D eigenvalue weighted by molar-refractivity contribution is 5.56. The standard InChI is InChI=1S/C13H20N2O4/c1-2-7-19-13-9-11(14-5-3-4-6-16)8-12(10-13)15(17)18/h8-10,14,16H,2-7H2,1H3. The molecule has 1 aromatic rings. The van der Waals surface area contributed by atoms with E-state index < -0.39 is 4.92 Å². The summed E-state index contributed by atoms with van der Waals surface area (Å²) in [5.74, 6) is 0.501. The molecule has 0 heterocycles. The Bertz CT molecular complexity index is 410.